The van der Waals surface area contributed by atoms with Crippen LogP contribution in [0, 0.1) is 19.8 Å². The lowest BCUT2D eigenvalue weighted by Gasteiger charge is -2.09. The van der Waals surface area contributed by atoms with E-state index in [9.17, 15) is 4.79 Å². The average molecular weight is 338 g/mol. The Hall–Kier alpha value is -1.56. The van der Waals surface area contributed by atoms with Gasteiger partial charge in [-0.05, 0) is 54.6 Å². The fourth-order valence-electron chi connectivity index (χ4n) is 2.16. The van der Waals surface area contributed by atoms with Crippen molar-refractivity contribution in [3.63, 3.8) is 0 Å². The van der Waals surface area contributed by atoms with Crippen molar-refractivity contribution in [1.82, 2.24) is 9.78 Å². The summed E-state index contributed by atoms with van der Waals surface area (Å²) in [5.41, 5.74) is 1.77. The van der Waals surface area contributed by atoms with Crippen LogP contribution in [0.3, 0.4) is 0 Å². The van der Waals surface area contributed by atoms with Gasteiger partial charge in [0.05, 0.1) is 6.20 Å². The number of halogens is 1. The summed E-state index contributed by atoms with van der Waals surface area (Å²) in [7, 11) is 0. The van der Waals surface area contributed by atoms with Crippen LogP contribution >= 0.6 is 15.9 Å². The van der Waals surface area contributed by atoms with Crippen molar-refractivity contribution in [3.8, 4) is 0 Å². The van der Waals surface area contributed by atoms with E-state index < -0.39 is 0 Å². The second kappa shape index (κ2) is 5.09. The summed E-state index contributed by atoms with van der Waals surface area (Å²) in [6.07, 6.45) is 4.27. The van der Waals surface area contributed by atoms with Crippen molar-refractivity contribution in [2.45, 2.75) is 33.2 Å². The zero-order chi connectivity index (χ0) is 14.3. The van der Waals surface area contributed by atoms with Crippen molar-refractivity contribution in [3.05, 3.63) is 33.8 Å². The number of hydrogen-bond acceptors (Lipinski definition) is 3. The number of aryl methyl sites for hydroxylation is 2. The first kappa shape index (κ1) is 13.4. The molecule has 1 amide bonds. The molecule has 2 heterocycles. The number of carbonyl (C=O) groups is 1. The molecule has 3 rings (SSSR count). The molecular weight excluding hydrogens is 322 g/mol. The van der Waals surface area contributed by atoms with E-state index in [0.717, 1.165) is 23.5 Å². The molecule has 1 N–H and O–H groups in total. The Morgan fingerprint density at radius 2 is 2.25 bits per heavy atom. The number of furan rings is 1. The highest BCUT2D eigenvalue weighted by Gasteiger charge is 2.25. The Balaban J connectivity index is 1.81. The molecule has 0 saturated heterocycles. The molecule has 20 heavy (non-hydrogen) atoms. The molecule has 1 fully saturated rings. The third-order valence-corrected chi connectivity index (χ3v) is 3.87. The van der Waals surface area contributed by atoms with Gasteiger partial charge in [0.1, 0.15) is 5.82 Å². The molecule has 0 spiro atoms. The Morgan fingerprint density at radius 3 is 2.85 bits per heavy atom. The summed E-state index contributed by atoms with van der Waals surface area (Å²) >= 11 is 3.23. The predicted octanol–water partition coefficient (Wildman–Crippen LogP) is 3.52. The molecule has 2 aromatic rings. The number of hydrogen-bond donors (Lipinski definition) is 1. The van der Waals surface area contributed by atoms with E-state index in [2.05, 4.69) is 26.3 Å². The van der Waals surface area contributed by atoms with Gasteiger partial charge in [-0.15, -0.1) is 0 Å². The van der Waals surface area contributed by atoms with E-state index in [1.807, 2.05) is 18.5 Å². The summed E-state index contributed by atoms with van der Waals surface area (Å²) < 4.78 is 7.80. The monoisotopic (exact) mass is 337 g/mol. The topological polar surface area (TPSA) is 60.1 Å². The second-order valence-corrected chi connectivity index (χ2v) is 6.10. The summed E-state index contributed by atoms with van der Waals surface area (Å²) in [6.45, 7) is 4.65. The fourth-order valence-corrected chi connectivity index (χ4v) is 2.66. The highest BCUT2D eigenvalue weighted by atomic mass is 79.9. The molecule has 5 nitrogen and oxygen atoms in total. The van der Waals surface area contributed by atoms with Crippen LogP contribution in [-0.4, -0.2) is 15.7 Å². The predicted molar refractivity (Wildman–Crippen MR) is 78.8 cm³/mol. The normalized spacial score (nSPS) is 14.6. The maximum absolute atomic E-state index is 12.3. The molecule has 2 aromatic heterocycles. The Bertz CT molecular complexity index is 655. The van der Waals surface area contributed by atoms with Crippen molar-refractivity contribution >= 4 is 27.7 Å². The van der Waals surface area contributed by atoms with Gasteiger partial charge in [-0.25, -0.2) is 4.68 Å². The van der Waals surface area contributed by atoms with E-state index >= 15 is 0 Å². The molecular formula is C14H16BrN3O2. The van der Waals surface area contributed by atoms with E-state index in [1.165, 1.54) is 12.8 Å². The van der Waals surface area contributed by atoms with Crippen LogP contribution in [0.1, 0.15) is 34.5 Å². The number of carbonyl (C=O) groups excluding carboxylic acids is 1. The number of aromatic nitrogens is 2. The average Bonchev–Trinajstić information content (AvgIpc) is 3.06. The number of nitrogens with one attached hydrogen (secondary N) is 1. The van der Waals surface area contributed by atoms with Gasteiger partial charge in [0.25, 0.3) is 5.91 Å². The third kappa shape index (κ3) is 2.65. The van der Waals surface area contributed by atoms with E-state index in [0.29, 0.717) is 16.3 Å². The van der Waals surface area contributed by atoms with E-state index in [1.54, 1.807) is 12.3 Å². The smallest absolute Gasteiger partial charge is 0.292 e. The Morgan fingerprint density at radius 1 is 1.50 bits per heavy atom. The highest BCUT2D eigenvalue weighted by Crippen LogP contribution is 2.32. The number of amides is 1. The van der Waals surface area contributed by atoms with Gasteiger partial charge in [-0.1, -0.05) is 0 Å². The van der Waals surface area contributed by atoms with Crippen molar-refractivity contribution < 1.29 is 9.21 Å². The van der Waals surface area contributed by atoms with Crippen molar-refractivity contribution in [1.29, 1.82) is 0 Å². The van der Waals surface area contributed by atoms with Gasteiger partial charge in [0, 0.05) is 17.7 Å². The SMILES string of the molecule is Cc1cc(Br)oc1C(=O)Nc1c(C)cnn1CC1CC1. The third-order valence-electron chi connectivity index (χ3n) is 3.48. The van der Waals surface area contributed by atoms with Crippen LogP contribution in [0.4, 0.5) is 5.82 Å². The zero-order valence-corrected chi connectivity index (χ0v) is 13.0. The lowest BCUT2D eigenvalue weighted by atomic mass is 10.2. The molecule has 0 radical (unpaired) electrons. The molecule has 0 aromatic carbocycles. The Kier molecular flexibility index (Phi) is 3.41. The fraction of sp³-hybridized carbons (Fsp3) is 0.429. The molecule has 6 heteroatoms. The molecule has 106 valence electrons. The minimum atomic E-state index is -0.242. The van der Waals surface area contributed by atoms with Gasteiger partial charge in [0.15, 0.2) is 10.4 Å². The van der Waals surface area contributed by atoms with Crippen LogP contribution in [0.25, 0.3) is 0 Å². The molecule has 0 aliphatic heterocycles. The molecule has 1 aliphatic rings. The van der Waals surface area contributed by atoms with E-state index in [-0.39, 0.29) is 5.91 Å². The lowest BCUT2D eigenvalue weighted by Crippen LogP contribution is -2.17. The van der Waals surface area contributed by atoms with Gasteiger partial charge in [-0.2, -0.15) is 5.10 Å². The Labute approximate surface area is 125 Å². The maximum atomic E-state index is 12.3. The minimum Gasteiger partial charge on any atom is -0.444 e. The largest absolute Gasteiger partial charge is 0.444 e. The van der Waals surface area contributed by atoms with Gasteiger partial charge >= 0.3 is 0 Å². The molecule has 0 bridgehead atoms. The van der Waals surface area contributed by atoms with Crippen LogP contribution in [0.15, 0.2) is 21.3 Å². The highest BCUT2D eigenvalue weighted by molar-refractivity contribution is 9.10. The molecule has 0 unspecified atom stereocenters. The van der Waals surface area contributed by atoms with Crippen LogP contribution < -0.4 is 5.32 Å². The first-order valence-corrected chi connectivity index (χ1v) is 7.43. The number of rotatable bonds is 4. The lowest BCUT2D eigenvalue weighted by molar-refractivity contribution is 0.0993. The summed E-state index contributed by atoms with van der Waals surface area (Å²) in [5, 5.41) is 7.24. The molecule has 1 aliphatic carbocycles. The van der Waals surface area contributed by atoms with Crippen molar-refractivity contribution in [2.75, 3.05) is 5.32 Å². The van der Waals surface area contributed by atoms with Gasteiger partial charge < -0.3 is 9.73 Å². The van der Waals surface area contributed by atoms with Gasteiger partial charge in [0.2, 0.25) is 0 Å². The summed E-state index contributed by atoms with van der Waals surface area (Å²) in [6, 6.07) is 1.78. The van der Waals surface area contributed by atoms with Gasteiger partial charge in [-0.3, -0.25) is 4.79 Å². The van der Waals surface area contributed by atoms with E-state index in [4.69, 9.17) is 4.42 Å². The first-order chi connectivity index (χ1) is 9.54. The second-order valence-electron chi connectivity index (χ2n) is 5.32. The first-order valence-electron chi connectivity index (χ1n) is 6.64. The van der Waals surface area contributed by atoms with Crippen molar-refractivity contribution in [2.24, 2.45) is 5.92 Å². The standard InChI is InChI=1S/C14H16BrN3O2/c1-8-5-11(15)20-12(8)14(19)17-13-9(2)6-16-18(13)7-10-3-4-10/h5-6,10H,3-4,7H2,1-2H3,(H,17,19). The summed E-state index contributed by atoms with van der Waals surface area (Å²) in [4.78, 5) is 12.3. The molecule has 0 atom stereocenters. The maximum Gasteiger partial charge on any atom is 0.292 e. The summed E-state index contributed by atoms with van der Waals surface area (Å²) in [5.74, 6) is 1.54. The zero-order valence-electron chi connectivity index (χ0n) is 11.4. The van der Waals surface area contributed by atoms with Crippen LogP contribution in [-0.2, 0) is 6.54 Å². The number of anilines is 1. The van der Waals surface area contributed by atoms with Crippen LogP contribution in [0.2, 0.25) is 0 Å². The minimum absolute atomic E-state index is 0.242. The van der Waals surface area contributed by atoms with Crippen LogP contribution in [0.5, 0.6) is 0 Å². The quantitative estimate of drug-likeness (QED) is 0.928. The molecule has 1 saturated carbocycles. The number of nitrogens with zero attached hydrogens (tertiary/aromatic N) is 2.